The van der Waals surface area contributed by atoms with E-state index in [1.165, 1.54) is 18.2 Å². The van der Waals surface area contributed by atoms with Gasteiger partial charge in [0.1, 0.15) is 5.82 Å². The number of carbonyl (C=O) groups is 1. The largest absolute Gasteiger partial charge is 0.494 e. The van der Waals surface area contributed by atoms with Gasteiger partial charge in [0.25, 0.3) is 0 Å². The fourth-order valence-electron chi connectivity index (χ4n) is 2.16. The number of halogens is 1. The Labute approximate surface area is 136 Å². The molecular weight excluding hydrogens is 298 g/mol. The van der Waals surface area contributed by atoms with Gasteiger partial charge in [-0.25, -0.2) is 9.18 Å². The second-order valence-electron chi connectivity index (χ2n) is 6.45. The first-order valence-corrected chi connectivity index (χ1v) is 7.66. The van der Waals surface area contributed by atoms with Gasteiger partial charge < -0.3 is 14.0 Å². The Balaban J connectivity index is 2.23. The Hall–Kier alpha value is -1.66. The number of ether oxygens (including phenoxy) is 1. The van der Waals surface area contributed by atoms with Crippen LogP contribution in [0.4, 0.5) is 4.39 Å². The third-order valence-corrected chi connectivity index (χ3v) is 4.23. The molecule has 0 aliphatic carbocycles. The molecule has 0 saturated carbocycles. The zero-order valence-corrected chi connectivity index (χ0v) is 14.2. The summed E-state index contributed by atoms with van der Waals surface area (Å²) in [4.78, 5) is 11.4. The molecule has 6 heteroatoms. The lowest BCUT2D eigenvalue weighted by Crippen LogP contribution is -2.41. The molecule has 124 valence electrons. The highest BCUT2D eigenvalue weighted by Gasteiger charge is 2.51. The van der Waals surface area contributed by atoms with Crippen LogP contribution in [-0.4, -0.2) is 30.9 Å². The van der Waals surface area contributed by atoms with Crippen LogP contribution in [0.3, 0.4) is 0 Å². The van der Waals surface area contributed by atoms with Gasteiger partial charge in [0, 0.05) is 11.6 Å². The van der Waals surface area contributed by atoms with Crippen molar-refractivity contribution in [2.75, 3.05) is 6.61 Å². The zero-order valence-electron chi connectivity index (χ0n) is 14.2. The van der Waals surface area contributed by atoms with E-state index in [1.807, 2.05) is 27.7 Å². The Morgan fingerprint density at radius 2 is 1.87 bits per heavy atom. The molecule has 1 heterocycles. The zero-order chi connectivity index (χ0) is 17.3. The summed E-state index contributed by atoms with van der Waals surface area (Å²) in [6.07, 6.45) is 2.60. The fraction of sp³-hybridized carbons (Fsp3) is 0.471. The molecule has 23 heavy (non-hydrogen) atoms. The van der Waals surface area contributed by atoms with Crippen LogP contribution in [0.5, 0.6) is 0 Å². The second-order valence-corrected chi connectivity index (χ2v) is 6.45. The van der Waals surface area contributed by atoms with E-state index in [1.54, 1.807) is 19.1 Å². The van der Waals surface area contributed by atoms with Crippen molar-refractivity contribution in [2.24, 2.45) is 0 Å². The topological polar surface area (TPSA) is 44.8 Å². The highest BCUT2D eigenvalue weighted by atomic mass is 19.1. The number of rotatable bonds is 4. The molecule has 0 amide bonds. The van der Waals surface area contributed by atoms with Gasteiger partial charge in [-0.05, 0) is 52.2 Å². The van der Waals surface area contributed by atoms with Crippen LogP contribution in [-0.2, 0) is 18.8 Å². The average molecular weight is 320 g/mol. The van der Waals surface area contributed by atoms with Crippen LogP contribution >= 0.6 is 0 Å². The molecule has 1 aliphatic heterocycles. The quantitative estimate of drug-likeness (QED) is 0.486. The normalized spacial score (nSPS) is 19.3. The Kier molecular flexibility index (Phi) is 4.97. The smallest absolute Gasteiger partial charge is 0.463 e. The molecule has 0 bridgehead atoms. The van der Waals surface area contributed by atoms with Crippen molar-refractivity contribution in [2.45, 2.75) is 45.8 Å². The first-order chi connectivity index (χ1) is 10.7. The molecule has 0 aromatic heterocycles. The molecule has 1 aromatic carbocycles. The number of hydrogen-bond donors (Lipinski definition) is 0. The molecule has 4 nitrogen and oxygen atoms in total. The van der Waals surface area contributed by atoms with Crippen molar-refractivity contribution >= 4 is 24.6 Å². The van der Waals surface area contributed by atoms with Crippen LogP contribution in [0.1, 0.15) is 40.2 Å². The Bertz CT molecular complexity index is 609. The van der Waals surface area contributed by atoms with Gasteiger partial charge in [-0.3, -0.25) is 0 Å². The van der Waals surface area contributed by atoms with Crippen LogP contribution in [0.15, 0.2) is 24.3 Å². The first-order valence-electron chi connectivity index (χ1n) is 7.66. The molecule has 0 atom stereocenters. The molecule has 0 radical (unpaired) electrons. The van der Waals surface area contributed by atoms with E-state index >= 15 is 0 Å². The lowest BCUT2D eigenvalue weighted by Gasteiger charge is -2.32. The summed E-state index contributed by atoms with van der Waals surface area (Å²) >= 11 is 0. The van der Waals surface area contributed by atoms with E-state index in [0.29, 0.717) is 5.46 Å². The SMILES string of the molecule is CCOC(=O)C=Cc1cc(B2OC(C)(C)C(C)(C)O2)ccc1F. The van der Waals surface area contributed by atoms with Crippen molar-refractivity contribution in [1.29, 1.82) is 0 Å². The maximum Gasteiger partial charge on any atom is 0.494 e. The highest BCUT2D eigenvalue weighted by molar-refractivity contribution is 6.62. The van der Waals surface area contributed by atoms with Gasteiger partial charge in [0.05, 0.1) is 17.8 Å². The first kappa shape index (κ1) is 17.7. The van der Waals surface area contributed by atoms with E-state index in [4.69, 9.17) is 14.0 Å². The molecule has 0 N–H and O–H groups in total. The fourth-order valence-corrected chi connectivity index (χ4v) is 2.16. The number of hydrogen-bond acceptors (Lipinski definition) is 4. The van der Waals surface area contributed by atoms with Gasteiger partial charge in [-0.15, -0.1) is 0 Å². The Morgan fingerprint density at radius 1 is 1.26 bits per heavy atom. The third-order valence-electron chi connectivity index (χ3n) is 4.23. The van der Waals surface area contributed by atoms with Crippen LogP contribution in [0.2, 0.25) is 0 Å². The van der Waals surface area contributed by atoms with E-state index in [9.17, 15) is 9.18 Å². The van der Waals surface area contributed by atoms with Crippen molar-refractivity contribution in [1.82, 2.24) is 0 Å². The van der Waals surface area contributed by atoms with Gasteiger partial charge in [-0.1, -0.05) is 12.1 Å². The predicted molar refractivity (Wildman–Crippen MR) is 87.8 cm³/mol. The summed E-state index contributed by atoms with van der Waals surface area (Å²) in [6, 6.07) is 4.58. The molecule has 0 spiro atoms. The van der Waals surface area contributed by atoms with Crippen molar-refractivity contribution in [3.05, 3.63) is 35.7 Å². The summed E-state index contributed by atoms with van der Waals surface area (Å²) in [5.41, 5.74) is 0.0544. The van der Waals surface area contributed by atoms with Gasteiger partial charge in [0.15, 0.2) is 0 Å². The van der Waals surface area contributed by atoms with Gasteiger partial charge >= 0.3 is 13.1 Å². The monoisotopic (exact) mass is 320 g/mol. The van der Waals surface area contributed by atoms with Gasteiger partial charge in [0.2, 0.25) is 0 Å². The molecule has 1 saturated heterocycles. The standard InChI is InChI=1S/C17H22BFO4/c1-6-21-15(20)10-7-12-11-13(8-9-14(12)19)18-22-16(2,3)17(4,5)23-18/h7-11H,6H2,1-5H3. The molecule has 1 fully saturated rings. The number of esters is 1. The van der Waals surface area contributed by atoms with E-state index in [0.717, 1.165) is 0 Å². The van der Waals surface area contributed by atoms with Gasteiger partial charge in [-0.2, -0.15) is 0 Å². The minimum absolute atomic E-state index is 0.277. The Morgan fingerprint density at radius 3 is 2.43 bits per heavy atom. The predicted octanol–water partition coefficient (Wildman–Crippen LogP) is 2.70. The lowest BCUT2D eigenvalue weighted by molar-refractivity contribution is -0.137. The molecule has 2 rings (SSSR count). The van der Waals surface area contributed by atoms with Crippen LogP contribution in [0.25, 0.3) is 6.08 Å². The average Bonchev–Trinajstić information content (AvgIpc) is 2.67. The highest BCUT2D eigenvalue weighted by Crippen LogP contribution is 2.36. The molecule has 1 aromatic rings. The van der Waals surface area contributed by atoms with Crippen molar-refractivity contribution in [3.8, 4) is 0 Å². The minimum Gasteiger partial charge on any atom is -0.463 e. The minimum atomic E-state index is -0.574. The summed E-state index contributed by atoms with van der Waals surface area (Å²) in [7, 11) is -0.574. The van der Waals surface area contributed by atoms with Crippen molar-refractivity contribution < 1.29 is 23.2 Å². The third kappa shape index (κ3) is 3.82. The van der Waals surface area contributed by atoms with E-state index < -0.39 is 30.1 Å². The summed E-state index contributed by atoms with van der Waals surface area (Å²) in [5, 5.41) is 0. The number of carbonyl (C=O) groups excluding carboxylic acids is 1. The summed E-state index contributed by atoms with van der Waals surface area (Å²) < 4.78 is 30.6. The van der Waals surface area contributed by atoms with E-state index in [2.05, 4.69) is 0 Å². The van der Waals surface area contributed by atoms with Crippen molar-refractivity contribution in [3.63, 3.8) is 0 Å². The molecule has 1 aliphatic rings. The maximum atomic E-state index is 13.9. The summed E-state index contributed by atoms with van der Waals surface area (Å²) in [5.74, 6) is -0.932. The molecular formula is C17H22BFO4. The maximum absolute atomic E-state index is 13.9. The number of benzene rings is 1. The van der Waals surface area contributed by atoms with Crippen LogP contribution in [0, 0.1) is 5.82 Å². The molecule has 0 unspecified atom stereocenters. The lowest BCUT2D eigenvalue weighted by atomic mass is 9.78. The van der Waals surface area contributed by atoms with E-state index in [-0.39, 0.29) is 12.2 Å². The summed E-state index contributed by atoms with van der Waals surface area (Å²) in [6.45, 7) is 9.82. The van der Waals surface area contributed by atoms with Crippen LogP contribution < -0.4 is 5.46 Å². The second kappa shape index (κ2) is 6.45.